The molecule has 0 fully saturated rings. The molecule has 2 heterocycles. The number of anilines is 1. The average molecular weight is 497 g/mol. The van der Waals surface area contributed by atoms with Gasteiger partial charge in [0.25, 0.3) is 11.8 Å². The van der Waals surface area contributed by atoms with E-state index in [0.717, 1.165) is 42.8 Å². The number of imidazole rings is 1. The van der Waals surface area contributed by atoms with Crippen molar-refractivity contribution in [2.24, 2.45) is 0 Å². The smallest absolute Gasteiger partial charge is 0.272 e. The number of hydrogen-bond donors (Lipinski definition) is 1. The number of nitrogens with zero attached hydrogens (tertiary/aromatic N) is 3. The Kier molecular flexibility index (Phi) is 7.97. The number of benzene rings is 2. The van der Waals surface area contributed by atoms with Crippen molar-refractivity contribution >= 4 is 17.6 Å². The number of hydrogen-bond acceptors (Lipinski definition) is 4. The first-order valence-corrected chi connectivity index (χ1v) is 12.2. The maximum absolute atomic E-state index is 13.9. The molecule has 1 aliphatic heterocycles. The van der Waals surface area contributed by atoms with Gasteiger partial charge in [0.05, 0.1) is 7.11 Å². The highest BCUT2D eigenvalue weighted by molar-refractivity contribution is 6.09. The SMILES string of the molecule is CCCCN(C(=O)c1ccc(F)c(F)c1)c1nc2n(c1C(=O)NCc1cccc(OC)c1)CCCC2. The highest BCUT2D eigenvalue weighted by atomic mass is 19.2. The number of nitrogens with one attached hydrogen (secondary N) is 1. The van der Waals surface area contributed by atoms with Crippen LogP contribution < -0.4 is 15.0 Å². The van der Waals surface area contributed by atoms with Crippen LogP contribution in [0.5, 0.6) is 5.75 Å². The zero-order chi connectivity index (χ0) is 25.7. The van der Waals surface area contributed by atoms with Crippen molar-refractivity contribution in [2.45, 2.75) is 52.1 Å². The number of rotatable bonds is 9. The van der Waals surface area contributed by atoms with Crippen LogP contribution in [0.25, 0.3) is 0 Å². The van der Waals surface area contributed by atoms with Crippen molar-refractivity contribution in [3.05, 3.63) is 76.7 Å². The maximum atomic E-state index is 13.9. The number of carbonyl (C=O) groups excluding carboxylic acids is 2. The molecular formula is C27H30F2N4O3. The third-order valence-corrected chi connectivity index (χ3v) is 6.27. The monoisotopic (exact) mass is 496 g/mol. The molecule has 36 heavy (non-hydrogen) atoms. The first-order valence-electron chi connectivity index (χ1n) is 12.2. The summed E-state index contributed by atoms with van der Waals surface area (Å²) in [7, 11) is 1.58. The number of methoxy groups -OCH3 is 1. The van der Waals surface area contributed by atoms with E-state index >= 15 is 0 Å². The van der Waals surface area contributed by atoms with Crippen molar-refractivity contribution in [2.75, 3.05) is 18.6 Å². The Morgan fingerprint density at radius 2 is 1.97 bits per heavy atom. The van der Waals surface area contributed by atoms with Gasteiger partial charge in [-0.15, -0.1) is 0 Å². The molecule has 9 heteroatoms. The van der Waals surface area contributed by atoms with E-state index in [4.69, 9.17) is 9.72 Å². The van der Waals surface area contributed by atoms with E-state index in [-0.39, 0.29) is 23.8 Å². The lowest BCUT2D eigenvalue weighted by Crippen LogP contribution is -2.35. The number of ether oxygens (including phenoxy) is 1. The molecule has 0 spiro atoms. The second-order valence-corrected chi connectivity index (χ2v) is 8.78. The molecule has 0 bridgehead atoms. The third kappa shape index (κ3) is 5.40. The van der Waals surface area contributed by atoms with E-state index in [2.05, 4.69) is 5.32 Å². The van der Waals surface area contributed by atoms with Gasteiger partial charge in [0.1, 0.15) is 11.6 Å². The summed E-state index contributed by atoms with van der Waals surface area (Å²) in [6, 6.07) is 10.5. The van der Waals surface area contributed by atoms with Gasteiger partial charge in [0.15, 0.2) is 23.1 Å². The Morgan fingerprint density at radius 3 is 2.72 bits per heavy atom. The topological polar surface area (TPSA) is 76.5 Å². The zero-order valence-corrected chi connectivity index (χ0v) is 20.5. The van der Waals surface area contributed by atoms with Crippen LogP contribution in [0, 0.1) is 11.6 Å². The highest BCUT2D eigenvalue weighted by Crippen LogP contribution is 2.28. The lowest BCUT2D eigenvalue weighted by Gasteiger charge is -2.22. The van der Waals surface area contributed by atoms with E-state index in [1.807, 2.05) is 35.8 Å². The summed E-state index contributed by atoms with van der Waals surface area (Å²) in [6.45, 7) is 3.16. The minimum atomic E-state index is -1.10. The number of aryl methyl sites for hydroxylation is 1. The largest absolute Gasteiger partial charge is 0.497 e. The molecule has 4 rings (SSSR count). The van der Waals surface area contributed by atoms with Crippen LogP contribution in [0.4, 0.5) is 14.6 Å². The summed E-state index contributed by atoms with van der Waals surface area (Å²) >= 11 is 0. The minimum absolute atomic E-state index is 0.00119. The van der Waals surface area contributed by atoms with Gasteiger partial charge in [-0.05, 0) is 55.2 Å². The summed E-state index contributed by atoms with van der Waals surface area (Å²) in [5.74, 6) is -1.33. The summed E-state index contributed by atoms with van der Waals surface area (Å²) in [5, 5.41) is 2.95. The van der Waals surface area contributed by atoms with Gasteiger partial charge in [0.2, 0.25) is 0 Å². The molecule has 1 N–H and O–H groups in total. The number of carbonyl (C=O) groups is 2. The van der Waals surface area contributed by atoms with E-state index in [9.17, 15) is 18.4 Å². The van der Waals surface area contributed by atoms with Crippen LogP contribution in [-0.2, 0) is 19.5 Å². The predicted molar refractivity (Wildman–Crippen MR) is 132 cm³/mol. The standard InChI is InChI=1S/C27H30F2N4O3/c1-3-4-13-33(27(35)19-11-12-21(28)22(29)16-19)25-24(32-14-6-5-10-23(32)31-25)26(34)30-17-18-8-7-9-20(15-18)36-2/h7-9,11-12,15-16H,3-6,10,13-14,17H2,1-2H3,(H,30,34). The van der Waals surface area contributed by atoms with Crippen molar-refractivity contribution in [3.8, 4) is 5.75 Å². The fourth-order valence-electron chi connectivity index (χ4n) is 4.34. The van der Waals surface area contributed by atoms with E-state index in [1.165, 1.54) is 11.0 Å². The molecule has 0 radical (unpaired) electrons. The summed E-state index contributed by atoms with van der Waals surface area (Å²) in [6.07, 6.45) is 3.98. The van der Waals surface area contributed by atoms with Crippen LogP contribution in [-0.4, -0.2) is 35.0 Å². The van der Waals surface area contributed by atoms with Gasteiger partial charge < -0.3 is 14.6 Å². The molecule has 1 aliphatic rings. The molecule has 0 atom stereocenters. The van der Waals surface area contributed by atoms with Crippen LogP contribution in [0.2, 0.25) is 0 Å². The first kappa shape index (κ1) is 25.3. The minimum Gasteiger partial charge on any atom is -0.497 e. The van der Waals surface area contributed by atoms with Crippen molar-refractivity contribution in [1.82, 2.24) is 14.9 Å². The molecule has 0 saturated heterocycles. The summed E-state index contributed by atoms with van der Waals surface area (Å²) in [4.78, 5) is 33.1. The first-order chi connectivity index (χ1) is 17.4. The van der Waals surface area contributed by atoms with Gasteiger partial charge in [-0.2, -0.15) is 0 Å². The van der Waals surface area contributed by atoms with Gasteiger partial charge in [-0.1, -0.05) is 25.5 Å². The van der Waals surface area contributed by atoms with Crippen LogP contribution >= 0.6 is 0 Å². The zero-order valence-electron chi connectivity index (χ0n) is 20.5. The fraction of sp³-hybridized carbons (Fsp3) is 0.370. The molecule has 7 nitrogen and oxygen atoms in total. The van der Waals surface area contributed by atoms with E-state index in [1.54, 1.807) is 7.11 Å². The molecule has 190 valence electrons. The van der Waals surface area contributed by atoms with Crippen molar-refractivity contribution in [1.29, 1.82) is 0 Å². The third-order valence-electron chi connectivity index (χ3n) is 6.27. The second-order valence-electron chi connectivity index (χ2n) is 8.78. The van der Waals surface area contributed by atoms with Gasteiger partial charge in [0, 0.05) is 31.6 Å². The Hall–Kier alpha value is -3.75. The molecule has 1 aromatic heterocycles. The predicted octanol–water partition coefficient (Wildman–Crippen LogP) is 4.88. The van der Waals surface area contributed by atoms with E-state index < -0.39 is 17.5 Å². The normalized spacial score (nSPS) is 12.7. The summed E-state index contributed by atoms with van der Waals surface area (Å²) < 4.78 is 34.6. The number of aromatic nitrogens is 2. The Labute approximate surface area is 209 Å². The maximum Gasteiger partial charge on any atom is 0.272 e. The Morgan fingerprint density at radius 1 is 1.14 bits per heavy atom. The molecule has 0 saturated carbocycles. The Bertz CT molecular complexity index is 1260. The lowest BCUT2D eigenvalue weighted by atomic mass is 10.1. The van der Waals surface area contributed by atoms with Crippen molar-refractivity contribution < 1.29 is 23.1 Å². The van der Waals surface area contributed by atoms with Gasteiger partial charge in [-0.25, -0.2) is 13.8 Å². The molecular weight excluding hydrogens is 466 g/mol. The lowest BCUT2D eigenvalue weighted by molar-refractivity contribution is 0.0940. The molecule has 0 unspecified atom stereocenters. The van der Waals surface area contributed by atoms with Crippen LogP contribution in [0.15, 0.2) is 42.5 Å². The highest BCUT2D eigenvalue weighted by Gasteiger charge is 2.31. The fourth-order valence-corrected chi connectivity index (χ4v) is 4.34. The number of halogens is 2. The average Bonchev–Trinajstić information content (AvgIpc) is 3.28. The van der Waals surface area contributed by atoms with Crippen molar-refractivity contribution in [3.63, 3.8) is 0 Å². The molecule has 2 aromatic carbocycles. The van der Waals surface area contributed by atoms with Crippen LogP contribution in [0.1, 0.15) is 64.8 Å². The quantitative estimate of drug-likeness (QED) is 0.458. The van der Waals surface area contributed by atoms with Gasteiger partial charge >= 0.3 is 0 Å². The Balaban J connectivity index is 1.69. The molecule has 3 aromatic rings. The second kappa shape index (κ2) is 11.3. The number of amides is 2. The van der Waals surface area contributed by atoms with Gasteiger partial charge in [-0.3, -0.25) is 14.5 Å². The van der Waals surface area contributed by atoms with Crippen LogP contribution in [0.3, 0.4) is 0 Å². The van der Waals surface area contributed by atoms with E-state index in [0.29, 0.717) is 37.4 Å². The number of fused-ring (bicyclic) bond motifs is 1. The molecule has 2 amide bonds. The number of unbranched alkanes of at least 4 members (excludes halogenated alkanes) is 1. The summed E-state index contributed by atoms with van der Waals surface area (Å²) in [5.41, 5.74) is 1.17. The molecule has 0 aliphatic carbocycles.